The number of esters is 1. The Morgan fingerprint density at radius 1 is 1.38 bits per heavy atom. The van der Waals surface area contributed by atoms with Crippen molar-refractivity contribution >= 4 is 17.7 Å². The Morgan fingerprint density at radius 3 is 2.57 bits per heavy atom. The molecule has 1 rings (SSSR count). The minimum Gasteiger partial charge on any atom is -0.459 e. The molecule has 0 radical (unpaired) electrons. The topological polar surface area (TPSA) is 38.3 Å². The standard InChI is InChI=1S/C16H24FNO2S/c1-11(2)18-9-12-6-7-14(13(17)8-12)21-10-15(19)20-16(3,4)5/h6-8,11,18H,9-10H2,1-5H3. The van der Waals surface area contributed by atoms with Crippen LogP contribution in [0.4, 0.5) is 4.39 Å². The highest BCUT2D eigenvalue weighted by Crippen LogP contribution is 2.23. The van der Waals surface area contributed by atoms with Gasteiger partial charge in [-0.05, 0) is 38.5 Å². The molecule has 0 saturated heterocycles. The van der Waals surface area contributed by atoms with E-state index in [2.05, 4.69) is 5.32 Å². The van der Waals surface area contributed by atoms with Gasteiger partial charge >= 0.3 is 5.97 Å². The Hall–Kier alpha value is -1.07. The van der Waals surface area contributed by atoms with Crippen molar-refractivity contribution in [3.63, 3.8) is 0 Å². The first-order valence-electron chi connectivity index (χ1n) is 7.04. The van der Waals surface area contributed by atoms with E-state index in [4.69, 9.17) is 4.74 Å². The van der Waals surface area contributed by atoms with Gasteiger partial charge in [-0.1, -0.05) is 19.9 Å². The highest BCUT2D eigenvalue weighted by molar-refractivity contribution is 8.00. The van der Waals surface area contributed by atoms with E-state index in [1.807, 2.05) is 40.7 Å². The first kappa shape index (κ1) is 18.0. The van der Waals surface area contributed by atoms with Crippen LogP contribution in [0.3, 0.4) is 0 Å². The molecule has 0 unspecified atom stereocenters. The number of benzene rings is 1. The maximum Gasteiger partial charge on any atom is 0.316 e. The number of hydrogen-bond donors (Lipinski definition) is 1. The van der Waals surface area contributed by atoms with Crippen molar-refractivity contribution in [3.8, 4) is 0 Å². The van der Waals surface area contributed by atoms with E-state index in [-0.39, 0.29) is 17.5 Å². The van der Waals surface area contributed by atoms with Crippen molar-refractivity contribution in [1.29, 1.82) is 0 Å². The Labute approximate surface area is 130 Å². The summed E-state index contributed by atoms with van der Waals surface area (Å²) in [6, 6.07) is 5.44. The largest absolute Gasteiger partial charge is 0.459 e. The van der Waals surface area contributed by atoms with Crippen molar-refractivity contribution in [2.75, 3.05) is 5.75 Å². The van der Waals surface area contributed by atoms with Gasteiger partial charge in [-0.15, -0.1) is 11.8 Å². The number of carbonyl (C=O) groups excluding carboxylic acids is 1. The molecule has 0 bridgehead atoms. The van der Waals surface area contributed by atoms with E-state index >= 15 is 0 Å². The molecular formula is C16H24FNO2S. The van der Waals surface area contributed by atoms with Gasteiger partial charge in [0.25, 0.3) is 0 Å². The summed E-state index contributed by atoms with van der Waals surface area (Å²) in [6.07, 6.45) is 0. The second-order valence-electron chi connectivity index (χ2n) is 6.18. The first-order chi connectivity index (χ1) is 9.67. The van der Waals surface area contributed by atoms with E-state index in [0.717, 1.165) is 17.3 Å². The van der Waals surface area contributed by atoms with Crippen molar-refractivity contribution in [2.45, 2.75) is 57.7 Å². The summed E-state index contributed by atoms with van der Waals surface area (Å²) in [5.41, 5.74) is 0.380. The zero-order valence-electron chi connectivity index (χ0n) is 13.3. The molecule has 0 atom stereocenters. The lowest BCUT2D eigenvalue weighted by atomic mass is 10.2. The highest BCUT2D eigenvalue weighted by Gasteiger charge is 2.17. The predicted octanol–water partition coefficient (Wildman–Crippen LogP) is 3.76. The van der Waals surface area contributed by atoms with Crippen LogP contribution in [0.5, 0.6) is 0 Å². The second-order valence-corrected chi connectivity index (χ2v) is 7.19. The van der Waals surface area contributed by atoms with E-state index in [1.54, 1.807) is 6.07 Å². The van der Waals surface area contributed by atoms with Crippen LogP contribution in [-0.2, 0) is 16.1 Å². The van der Waals surface area contributed by atoms with Gasteiger partial charge in [0.1, 0.15) is 11.4 Å². The molecule has 1 aromatic rings. The number of halogens is 1. The van der Waals surface area contributed by atoms with Crippen LogP contribution in [0.15, 0.2) is 23.1 Å². The first-order valence-corrected chi connectivity index (χ1v) is 8.02. The maximum atomic E-state index is 14.0. The smallest absolute Gasteiger partial charge is 0.316 e. The SMILES string of the molecule is CC(C)NCc1ccc(SCC(=O)OC(C)(C)C)c(F)c1. The number of nitrogens with one attached hydrogen (secondary N) is 1. The fourth-order valence-electron chi connectivity index (χ4n) is 1.60. The zero-order chi connectivity index (χ0) is 16.0. The molecule has 0 saturated carbocycles. The van der Waals surface area contributed by atoms with Gasteiger partial charge < -0.3 is 10.1 Å². The minimum absolute atomic E-state index is 0.109. The molecule has 0 aliphatic rings. The summed E-state index contributed by atoms with van der Waals surface area (Å²) in [5.74, 6) is -0.526. The fraction of sp³-hybridized carbons (Fsp3) is 0.562. The third-order valence-electron chi connectivity index (χ3n) is 2.48. The Balaban J connectivity index is 2.55. The molecule has 0 amide bonds. The molecule has 21 heavy (non-hydrogen) atoms. The summed E-state index contributed by atoms with van der Waals surface area (Å²) in [7, 11) is 0. The zero-order valence-corrected chi connectivity index (χ0v) is 14.1. The second kappa shape index (κ2) is 7.80. The van der Waals surface area contributed by atoms with Crippen LogP contribution in [0.25, 0.3) is 0 Å². The van der Waals surface area contributed by atoms with Crippen LogP contribution in [0.2, 0.25) is 0 Å². The lowest BCUT2D eigenvalue weighted by Crippen LogP contribution is -2.24. The normalized spacial score (nSPS) is 11.8. The van der Waals surface area contributed by atoms with Crippen LogP contribution in [-0.4, -0.2) is 23.4 Å². The summed E-state index contributed by atoms with van der Waals surface area (Å²) in [5, 5.41) is 3.24. The van der Waals surface area contributed by atoms with Gasteiger partial charge in [-0.25, -0.2) is 4.39 Å². The van der Waals surface area contributed by atoms with Gasteiger partial charge in [0.2, 0.25) is 0 Å². The Kier molecular flexibility index (Phi) is 6.68. The van der Waals surface area contributed by atoms with Crippen LogP contribution < -0.4 is 5.32 Å². The van der Waals surface area contributed by atoms with Crippen LogP contribution >= 0.6 is 11.8 Å². The van der Waals surface area contributed by atoms with Gasteiger partial charge in [0.05, 0.1) is 5.75 Å². The minimum atomic E-state index is -0.511. The van der Waals surface area contributed by atoms with Crippen LogP contribution in [0.1, 0.15) is 40.2 Å². The number of hydrogen-bond acceptors (Lipinski definition) is 4. The quantitative estimate of drug-likeness (QED) is 0.641. The van der Waals surface area contributed by atoms with E-state index in [1.165, 1.54) is 6.07 Å². The van der Waals surface area contributed by atoms with Gasteiger partial charge in [-0.2, -0.15) is 0 Å². The molecule has 0 aromatic heterocycles. The molecule has 0 heterocycles. The van der Waals surface area contributed by atoms with E-state index < -0.39 is 5.60 Å². The predicted molar refractivity (Wildman–Crippen MR) is 84.9 cm³/mol. The summed E-state index contributed by atoms with van der Waals surface area (Å²) >= 11 is 1.16. The average Bonchev–Trinajstić information content (AvgIpc) is 2.33. The lowest BCUT2D eigenvalue weighted by molar-refractivity contribution is -0.151. The van der Waals surface area contributed by atoms with Crippen molar-refractivity contribution in [1.82, 2.24) is 5.32 Å². The molecule has 0 spiro atoms. The molecule has 0 fully saturated rings. The van der Waals surface area contributed by atoms with Crippen LogP contribution in [0, 0.1) is 5.82 Å². The Morgan fingerprint density at radius 2 is 2.05 bits per heavy atom. The number of thioether (sulfide) groups is 1. The molecule has 5 heteroatoms. The number of ether oxygens (including phenoxy) is 1. The van der Waals surface area contributed by atoms with Crippen molar-refractivity contribution in [2.24, 2.45) is 0 Å². The fourth-order valence-corrected chi connectivity index (χ4v) is 2.29. The average molecular weight is 313 g/mol. The number of carbonyl (C=O) groups is 1. The molecular weight excluding hydrogens is 289 g/mol. The third-order valence-corrected chi connectivity index (χ3v) is 3.50. The van der Waals surface area contributed by atoms with Crippen molar-refractivity contribution < 1.29 is 13.9 Å². The highest BCUT2D eigenvalue weighted by atomic mass is 32.2. The summed E-state index contributed by atoms with van der Waals surface area (Å²) < 4.78 is 19.2. The van der Waals surface area contributed by atoms with Gasteiger partial charge in [0, 0.05) is 17.5 Å². The molecule has 1 aromatic carbocycles. The summed E-state index contributed by atoms with van der Waals surface area (Å²) in [4.78, 5) is 12.1. The molecule has 1 N–H and O–H groups in total. The molecule has 118 valence electrons. The van der Waals surface area contributed by atoms with Gasteiger partial charge in [-0.3, -0.25) is 4.79 Å². The van der Waals surface area contributed by atoms with Gasteiger partial charge in [0.15, 0.2) is 0 Å². The summed E-state index contributed by atoms with van der Waals surface area (Å²) in [6.45, 7) is 10.2. The molecule has 0 aliphatic heterocycles. The lowest BCUT2D eigenvalue weighted by Gasteiger charge is -2.19. The number of rotatable bonds is 6. The Bertz CT molecular complexity index is 484. The van der Waals surface area contributed by atoms with Crippen molar-refractivity contribution in [3.05, 3.63) is 29.6 Å². The van der Waals surface area contributed by atoms with E-state index in [9.17, 15) is 9.18 Å². The maximum absolute atomic E-state index is 14.0. The molecule has 0 aliphatic carbocycles. The third kappa shape index (κ3) is 7.48. The van der Waals surface area contributed by atoms with E-state index in [0.29, 0.717) is 17.5 Å². The monoisotopic (exact) mass is 313 g/mol. The molecule has 3 nitrogen and oxygen atoms in total.